The van der Waals surface area contributed by atoms with Crippen LogP contribution in [0.15, 0.2) is 11.1 Å². The van der Waals surface area contributed by atoms with Crippen LogP contribution in [-0.4, -0.2) is 35.1 Å². The van der Waals surface area contributed by atoms with Crippen LogP contribution in [0.3, 0.4) is 0 Å². The Morgan fingerprint density at radius 3 is 2.12 bits per heavy atom. The topological polar surface area (TPSA) is 60.7 Å². The van der Waals surface area contributed by atoms with Crippen LogP contribution in [0.1, 0.15) is 13.8 Å². The number of aliphatic hydroxyl groups is 3. The lowest BCUT2D eigenvalue weighted by Gasteiger charge is -2.40. The third kappa shape index (κ3) is 0.461. The third-order valence-corrected chi connectivity index (χ3v) is 6.47. The monoisotopic (exact) mass is 222 g/mol. The Balaban J connectivity index is 1.92. The molecule has 5 aliphatic carbocycles. The fraction of sp³-hybridized carbons (Fsp3) is 0.846. The Morgan fingerprint density at radius 1 is 1.06 bits per heavy atom. The predicted molar refractivity (Wildman–Crippen MR) is 57.4 cm³/mol. The number of rotatable bonds is 3. The standard InChI is InChI=1S/C13H18O3/c1-6(2)7-8-10-11(8,3-14)13(5-16)9(7)12(10,13)4-15/h8-10,14-16H,3-5H2,1-2H3/t8-,9+,10-,11+,12+,13-/m0/s1. The highest BCUT2D eigenvalue weighted by molar-refractivity contribution is 5.67. The largest absolute Gasteiger partial charge is 0.396 e. The Hall–Kier alpha value is -0.380. The Morgan fingerprint density at radius 2 is 1.69 bits per heavy atom. The molecule has 0 saturated heterocycles. The van der Waals surface area contributed by atoms with Crippen molar-refractivity contribution in [3.63, 3.8) is 0 Å². The zero-order valence-electron chi connectivity index (χ0n) is 9.70. The van der Waals surface area contributed by atoms with Crippen LogP contribution in [0.25, 0.3) is 0 Å². The summed E-state index contributed by atoms with van der Waals surface area (Å²) in [5.41, 5.74) is 2.51. The zero-order chi connectivity index (χ0) is 11.5. The molecule has 0 radical (unpaired) electrons. The van der Waals surface area contributed by atoms with E-state index in [9.17, 15) is 15.3 Å². The van der Waals surface area contributed by atoms with E-state index in [1.165, 1.54) is 11.1 Å². The Labute approximate surface area is 94.8 Å². The molecule has 0 aliphatic heterocycles. The van der Waals surface area contributed by atoms with Gasteiger partial charge >= 0.3 is 0 Å². The fourth-order valence-electron chi connectivity index (χ4n) is 6.29. The van der Waals surface area contributed by atoms with Gasteiger partial charge in [-0.25, -0.2) is 0 Å². The van der Waals surface area contributed by atoms with Crippen molar-refractivity contribution in [3.05, 3.63) is 11.1 Å². The molecule has 3 N–H and O–H groups in total. The number of allylic oxidation sites excluding steroid dienone is 2. The quantitative estimate of drug-likeness (QED) is 0.596. The molecule has 0 aromatic carbocycles. The molecule has 16 heavy (non-hydrogen) atoms. The molecule has 0 spiro atoms. The van der Waals surface area contributed by atoms with Crippen LogP contribution in [0.4, 0.5) is 0 Å². The second-order valence-electron chi connectivity index (χ2n) is 6.37. The highest BCUT2D eigenvalue weighted by atomic mass is 16.3. The molecule has 0 unspecified atom stereocenters. The minimum absolute atomic E-state index is 0.0538. The van der Waals surface area contributed by atoms with Gasteiger partial charge in [-0.05, 0) is 31.6 Å². The van der Waals surface area contributed by atoms with Crippen molar-refractivity contribution < 1.29 is 15.3 Å². The molecule has 88 valence electrons. The number of aliphatic hydroxyl groups excluding tert-OH is 3. The van der Waals surface area contributed by atoms with Crippen LogP contribution in [0.2, 0.25) is 0 Å². The van der Waals surface area contributed by atoms with E-state index >= 15 is 0 Å². The van der Waals surface area contributed by atoms with Gasteiger partial charge in [-0.1, -0.05) is 11.1 Å². The van der Waals surface area contributed by atoms with Crippen molar-refractivity contribution in [1.82, 2.24) is 0 Å². The first-order chi connectivity index (χ1) is 7.61. The lowest BCUT2D eigenvalue weighted by molar-refractivity contribution is -0.0497. The first-order valence-electron chi connectivity index (χ1n) is 6.11. The average Bonchev–Trinajstić information content (AvgIpc) is 2.94. The SMILES string of the molecule is CC(C)=C1[C@@H]2[C@]3(CO)[C@H]4[C@H]1[C@@]4(CO)[C@]23CO. The summed E-state index contributed by atoms with van der Waals surface area (Å²) in [5, 5.41) is 29.1. The number of hydrogen-bond donors (Lipinski definition) is 3. The van der Waals surface area contributed by atoms with Crippen LogP contribution < -0.4 is 0 Å². The van der Waals surface area contributed by atoms with Gasteiger partial charge in [-0.3, -0.25) is 0 Å². The summed E-state index contributed by atoms with van der Waals surface area (Å²) in [6.45, 7) is 4.72. The van der Waals surface area contributed by atoms with Crippen molar-refractivity contribution in [1.29, 1.82) is 0 Å². The molecular weight excluding hydrogens is 204 g/mol. The van der Waals surface area contributed by atoms with Crippen molar-refractivity contribution in [2.75, 3.05) is 19.8 Å². The summed E-state index contributed by atoms with van der Waals surface area (Å²) in [6.07, 6.45) is 0. The van der Waals surface area contributed by atoms with Gasteiger partial charge in [0.15, 0.2) is 0 Å². The second-order valence-corrected chi connectivity index (χ2v) is 6.37. The van der Waals surface area contributed by atoms with Crippen LogP contribution in [0.5, 0.6) is 0 Å². The molecular formula is C13H18O3. The maximum Gasteiger partial charge on any atom is 0.0506 e. The summed E-state index contributed by atoms with van der Waals surface area (Å²) in [4.78, 5) is 0. The van der Waals surface area contributed by atoms with E-state index in [1.54, 1.807) is 0 Å². The van der Waals surface area contributed by atoms with Crippen molar-refractivity contribution in [2.24, 2.45) is 34.0 Å². The zero-order valence-corrected chi connectivity index (χ0v) is 9.70. The molecule has 2 bridgehead atoms. The van der Waals surface area contributed by atoms with E-state index in [1.807, 2.05) is 0 Å². The van der Waals surface area contributed by atoms with Crippen molar-refractivity contribution in [2.45, 2.75) is 13.8 Å². The maximum absolute atomic E-state index is 9.73. The van der Waals surface area contributed by atoms with Gasteiger partial charge in [0.25, 0.3) is 0 Å². The Kier molecular flexibility index (Phi) is 1.29. The van der Waals surface area contributed by atoms with E-state index in [0.717, 1.165) is 0 Å². The van der Waals surface area contributed by atoms with Crippen LogP contribution in [0, 0.1) is 34.0 Å². The minimum Gasteiger partial charge on any atom is -0.396 e. The van der Waals surface area contributed by atoms with Crippen molar-refractivity contribution >= 4 is 0 Å². The molecule has 3 nitrogen and oxygen atoms in total. The molecule has 5 saturated carbocycles. The van der Waals surface area contributed by atoms with Gasteiger partial charge in [-0.15, -0.1) is 0 Å². The van der Waals surface area contributed by atoms with E-state index in [0.29, 0.717) is 17.8 Å². The van der Waals surface area contributed by atoms with Gasteiger partial charge in [0.1, 0.15) is 0 Å². The van der Waals surface area contributed by atoms with Crippen LogP contribution >= 0.6 is 0 Å². The highest BCUT2D eigenvalue weighted by Gasteiger charge is 3.11. The smallest absolute Gasteiger partial charge is 0.0506 e. The van der Waals surface area contributed by atoms with Gasteiger partial charge < -0.3 is 15.3 Å². The summed E-state index contributed by atoms with van der Waals surface area (Å²) >= 11 is 0. The summed E-state index contributed by atoms with van der Waals surface area (Å²) in [6, 6.07) is 0. The third-order valence-electron chi connectivity index (χ3n) is 6.47. The van der Waals surface area contributed by atoms with E-state index in [2.05, 4.69) is 13.8 Å². The fourth-order valence-corrected chi connectivity index (χ4v) is 6.29. The highest BCUT2D eigenvalue weighted by Crippen LogP contribution is 3.11. The molecule has 5 aliphatic rings. The van der Waals surface area contributed by atoms with E-state index in [4.69, 9.17) is 0 Å². The molecule has 0 amide bonds. The first kappa shape index (κ1) is 9.63. The average molecular weight is 222 g/mol. The van der Waals surface area contributed by atoms with Crippen molar-refractivity contribution in [3.8, 4) is 0 Å². The summed E-state index contributed by atoms with van der Waals surface area (Å²) in [5.74, 6) is 1.28. The molecule has 5 rings (SSSR count). The maximum atomic E-state index is 9.73. The predicted octanol–water partition coefficient (Wildman–Crippen LogP) is 0.162. The minimum atomic E-state index is -0.161. The normalized spacial score (nSPS) is 62.8. The Bertz CT molecular complexity index is 424. The van der Waals surface area contributed by atoms with Gasteiger partial charge in [0.05, 0.1) is 19.8 Å². The van der Waals surface area contributed by atoms with Crippen LogP contribution in [-0.2, 0) is 0 Å². The molecule has 5 fully saturated rings. The molecule has 0 aromatic rings. The summed E-state index contributed by atoms with van der Waals surface area (Å²) in [7, 11) is 0. The second kappa shape index (κ2) is 2.14. The van der Waals surface area contributed by atoms with Gasteiger partial charge in [-0.2, -0.15) is 0 Å². The summed E-state index contributed by atoms with van der Waals surface area (Å²) < 4.78 is 0. The number of hydrogen-bond acceptors (Lipinski definition) is 3. The molecule has 0 heterocycles. The van der Waals surface area contributed by atoms with Gasteiger partial charge in [0, 0.05) is 16.2 Å². The van der Waals surface area contributed by atoms with E-state index in [-0.39, 0.29) is 36.1 Å². The molecule has 3 heteroatoms. The van der Waals surface area contributed by atoms with Gasteiger partial charge in [0.2, 0.25) is 0 Å². The molecule has 6 atom stereocenters. The lowest BCUT2D eigenvalue weighted by Crippen LogP contribution is -2.45. The first-order valence-corrected chi connectivity index (χ1v) is 6.11. The molecule has 0 aromatic heterocycles. The lowest BCUT2D eigenvalue weighted by atomic mass is 9.65. The van der Waals surface area contributed by atoms with E-state index < -0.39 is 0 Å².